The quantitative estimate of drug-likeness (QED) is 0.270. The number of nitrogens with zero attached hydrogens (tertiary/aromatic N) is 2. The molecule has 0 spiro atoms. The van der Waals surface area contributed by atoms with Gasteiger partial charge in [-0.05, 0) is 35.9 Å². The Labute approximate surface area is 209 Å². The summed E-state index contributed by atoms with van der Waals surface area (Å²) < 4.78 is 17.3. The third-order valence-corrected chi connectivity index (χ3v) is 10.2. The lowest BCUT2D eigenvalue weighted by atomic mass is 10.1. The van der Waals surface area contributed by atoms with Gasteiger partial charge < -0.3 is 9.13 Å². The van der Waals surface area contributed by atoms with Crippen molar-refractivity contribution in [3.63, 3.8) is 0 Å². The molecule has 0 N–H and O–H groups in total. The van der Waals surface area contributed by atoms with Crippen LogP contribution in [-0.4, -0.2) is 10.8 Å². The molecule has 0 atom stereocenters. The van der Waals surface area contributed by atoms with Crippen LogP contribution in [-0.2, 0) is 11.1 Å². The van der Waals surface area contributed by atoms with Gasteiger partial charge >= 0.3 is 0 Å². The molecular formula is C32H23N2OP. The van der Waals surface area contributed by atoms with Crippen molar-refractivity contribution in [1.82, 2.24) is 4.57 Å². The van der Waals surface area contributed by atoms with Gasteiger partial charge in [-0.2, -0.15) is 0 Å². The fourth-order valence-corrected chi connectivity index (χ4v) is 8.13. The van der Waals surface area contributed by atoms with Crippen LogP contribution in [0, 0.1) is 0 Å². The highest BCUT2D eigenvalue weighted by Gasteiger charge is 2.30. The molecule has 7 rings (SSSR count). The second-order valence-electron chi connectivity index (χ2n) is 9.15. The zero-order valence-electron chi connectivity index (χ0n) is 19.6. The maximum Gasteiger partial charge on any atom is 0.171 e. The number of hydrogen-bond acceptors (Lipinski definition) is 2. The Morgan fingerprint density at radius 3 is 2.03 bits per heavy atom. The van der Waals surface area contributed by atoms with Crippen molar-refractivity contribution in [3.8, 4) is 5.69 Å². The molecule has 1 aliphatic heterocycles. The minimum absolute atomic E-state index is 0.724. The summed E-state index contributed by atoms with van der Waals surface area (Å²) in [5.74, 6) is 0. The van der Waals surface area contributed by atoms with Crippen molar-refractivity contribution in [3.05, 3.63) is 132 Å². The third-order valence-electron chi connectivity index (χ3n) is 7.16. The van der Waals surface area contributed by atoms with Crippen LogP contribution in [0.15, 0.2) is 126 Å². The zero-order valence-corrected chi connectivity index (χ0v) is 20.5. The standard InChI is InChI=1S/C32H23N2OP/c35-36(24-11-3-1-4-12-24,25-13-5-2-6-14-25)26-18-19-32-28(20-26)27-15-7-8-16-30(27)34(32)31-17-9-10-23-21-33-22-29(23)31/h1-20,22H,21H2. The first kappa shape index (κ1) is 21.1. The number of para-hydroxylation sites is 1. The molecule has 0 saturated carbocycles. The second kappa shape index (κ2) is 8.19. The van der Waals surface area contributed by atoms with Crippen molar-refractivity contribution >= 4 is 51.1 Å². The van der Waals surface area contributed by atoms with Gasteiger partial charge in [-0.1, -0.05) is 91.0 Å². The number of benzene rings is 5. The molecular weight excluding hydrogens is 459 g/mol. The van der Waals surface area contributed by atoms with E-state index in [1.807, 2.05) is 66.9 Å². The molecule has 0 amide bonds. The van der Waals surface area contributed by atoms with E-state index in [2.05, 4.69) is 70.2 Å². The Kier molecular flexibility index (Phi) is 4.80. The van der Waals surface area contributed by atoms with Gasteiger partial charge in [0.1, 0.15) is 0 Å². The summed E-state index contributed by atoms with van der Waals surface area (Å²) in [6.07, 6.45) is 1.98. The molecule has 3 nitrogen and oxygen atoms in total. The fourth-order valence-electron chi connectivity index (χ4n) is 5.46. The van der Waals surface area contributed by atoms with E-state index >= 15 is 4.57 Å². The molecule has 2 heterocycles. The highest BCUT2D eigenvalue weighted by molar-refractivity contribution is 7.85. The largest absolute Gasteiger partial charge is 0.309 e. The van der Waals surface area contributed by atoms with Gasteiger partial charge in [0.05, 0.1) is 23.3 Å². The first-order valence-electron chi connectivity index (χ1n) is 12.1. The SMILES string of the molecule is O=P(c1ccccc1)(c1ccccc1)c1ccc2c(c1)c1ccccc1n2-c1cccc2c1C=NC2. The highest BCUT2D eigenvalue weighted by atomic mass is 31.2. The average Bonchev–Trinajstić information content (AvgIpc) is 3.56. The van der Waals surface area contributed by atoms with Crippen molar-refractivity contribution in [2.24, 2.45) is 4.99 Å². The summed E-state index contributed by atoms with van der Waals surface area (Å²) in [5, 5.41) is 4.78. The summed E-state index contributed by atoms with van der Waals surface area (Å²) in [6.45, 7) is 0.724. The van der Waals surface area contributed by atoms with Crippen molar-refractivity contribution in [2.75, 3.05) is 0 Å². The Morgan fingerprint density at radius 2 is 1.28 bits per heavy atom. The topological polar surface area (TPSA) is 34.4 Å². The van der Waals surface area contributed by atoms with E-state index in [0.717, 1.165) is 50.0 Å². The van der Waals surface area contributed by atoms with Crippen LogP contribution in [0.4, 0.5) is 0 Å². The molecule has 0 fully saturated rings. The molecule has 0 bridgehead atoms. The van der Waals surface area contributed by atoms with Gasteiger partial charge in [-0.25, -0.2) is 0 Å². The average molecular weight is 483 g/mol. The van der Waals surface area contributed by atoms with Gasteiger partial charge in [-0.3, -0.25) is 4.99 Å². The summed E-state index contributed by atoms with van der Waals surface area (Å²) in [6, 6.07) is 40.9. The van der Waals surface area contributed by atoms with E-state index in [4.69, 9.17) is 0 Å². The molecule has 0 radical (unpaired) electrons. The highest BCUT2D eigenvalue weighted by Crippen LogP contribution is 2.44. The summed E-state index contributed by atoms with van der Waals surface area (Å²) in [4.78, 5) is 4.52. The predicted molar refractivity (Wildman–Crippen MR) is 151 cm³/mol. The minimum Gasteiger partial charge on any atom is -0.309 e. The molecule has 4 heteroatoms. The van der Waals surface area contributed by atoms with E-state index in [9.17, 15) is 0 Å². The molecule has 1 aromatic heterocycles. The predicted octanol–water partition coefficient (Wildman–Crippen LogP) is 6.36. The van der Waals surface area contributed by atoms with Gasteiger partial charge in [0.15, 0.2) is 7.14 Å². The van der Waals surface area contributed by atoms with E-state index in [1.54, 1.807) is 0 Å². The lowest BCUT2D eigenvalue weighted by molar-refractivity contribution is 0.592. The van der Waals surface area contributed by atoms with Crippen molar-refractivity contribution in [2.45, 2.75) is 6.54 Å². The first-order chi connectivity index (χ1) is 17.7. The molecule has 0 unspecified atom stereocenters. The lowest BCUT2D eigenvalue weighted by Crippen LogP contribution is -2.24. The number of aromatic nitrogens is 1. The van der Waals surface area contributed by atoms with Gasteiger partial charge in [0, 0.05) is 38.5 Å². The zero-order chi connectivity index (χ0) is 24.1. The van der Waals surface area contributed by atoms with Crippen LogP contribution in [0.25, 0.3) is 27.5 Å². The Morgan fingerprint density at radius 1 is 0.611 bits per heavy atom. The Bertz CT molecular complexity index is 1790. The second-order valence-corrected chi connectivity index (χ2v) is 11.9. The van der Waals surface area contributed by atoms with E-state index in [0.29, 0.717) is 0 Å². The summed E-state index contributed by atoms with van der Waals surface area (Å²) in [7, 11) is -3.07. The molecule has 0 saturated heterocycles. The number of fused-ring (bicyclic) bond motifs is 4. The van der Waals surface area contributed by atoms with E-state index in [1.165, 1.54) is 11.1 Å². The van der Waals surface area contributed by atoms with Crippen molar-refractivity contribution in [1.29, 1.82) is 0 Å². The molecule has 0 aliphatic carbocycles. The smallest absolute Gasteiger partial charge is 0.171 e. The van der Waals surface area contributed by atoms with E-state index < -0.39 is 7.14 Å². The Hall–Kier alpha value is -4.20. The molecule has 172 valence electrons. The molecule has 36 heavy (non-hydrogen) atoms. The van der Waals surface area contributed by atoms with Gasteiger partial charge in [0.2, 0.25) is 0 Å². The first-order valence-corrected chi connectivity index (χ1v) is 13.8. The number of rotatable bonds is 4. The van der Waals surface area contributed by atoms with Crippen LogP contribution in [0.1, 0.15) is 11.1 Å². The van der Waals surface area contributed by atoms with Crippen LogP contribution in [0.5, 0.6) is 0 Å². The number of hydrogen-bond donors (Lipinski definition) is 0. The summed E-state index contributed by atoms with van der Waals surface area (Å²) >= 11 is 0. The number of aliphatic imine (C=N–C) groups is 1. The summed E-state index contributed by atoms with van der Waals surface area (Å²) in [5.41, 5.74) is 5.77. The van der Waals surface area contributed by atoms with Crippen LogP contribution in [0.3, 0.4) is 0 Å². The van der Waals surface area contributed by atoms with Crippen LogP contribution in [0.2, 0.25) is 0 Å². The molecule has 5 aromatic carbocycles. The maximum atomic E-state index is 15.0. The lowest BCUT2D eigenvalue weighted by Gasteiger charge is -2.20. The Balaban J connectivity index is 1.54. The molecule has 6 aromatic rings. The van der Waals surface area contributed by atoms with Crippen LogP contribution >= 0.6 is 7.14 Å². The van der Waals surface area contributed by atoms with Crippen LogP contribution < -0.4 is 15.9 Å². The van der Waals surface area contributed by atoms with Crippen molar-refractivity contribution < 1.29 is 4.57 Å². The van der Waals surface area contributed by atoms with E-state index in [-0.39, 0.29) is 0 Å². The minimum atomic E-state index is -3.07. The normalized spacial score (nSPS) is 12.9. The maximum absolute atomic E-state index is 15.0. The third kappa shape index (κ3) is 3.07. The molecule has 1 aliphatic rings. The fraction of sp³-hybridized carbons (Fsp3) is 0.0312. The van der Waals surface area contributed by atoms with Gasteiger partial charge in [0.25, 0.3) is 0 Å². The monoisotopic (exact) mass is 482 g/mol. The van der Waals surface area contributed by atoms with Gasteiger partial charge in [-0.15, -0.1) is 0 Å².